The molecule has 0 bridgehead atoms. The Morgan fingerprint density at radius 2 is 1.79 bits per heavy atom. The summed E-state index contributed by atoms with van der Waals surface area (Å²) >= 11 is 3.42. The highest BCUT2D eigenvalue weighted by molar-refractivity contribution is 9.10. The summed E-state index contributed by atoms with van der Waals surface area (Å²) in [5.41, 5.74) is 0.994. The van der Waals surface area contributed by atoms with Crippen molar-refractivity contribution in [3.8, 4) is 0 Å². The number of nitrogens with zero attached hydrogens (tertiary/aromatic N) is 2. The highest BCUT2D eigenvalue weighted by Crippen LogP contribution is 2.33. The Morgan fingerprint density at radius 3 is 2.39 bits per heavy atom. The van der Waals surface area contributed by atoms with Gasteiger partial charge < -0.3 is 15.5 Å². The smallest absolute Gasteiger partial charge is 0.325 e. The van der Waals surface area contributed by atoms with Gasteiger partial charge in [-0.1, -0.05) is 34.1 Å². The second kappa shape index (κ2) is 7.63. The quantitative estimate of drug-likeness (QED) is 0.694. The van der Waals surface area contributed by atoms with Crippen molar-refractivity contribution in [3.05, 3.63) is 58.6 Å². The summed E-state index contributed by atoms with van der Waals surface area (Å²) < 4.78 is 0.707. The van der Waals surface area contributed by atoms with E-state index in [0.29, 0.717) is 15.7 Å². The zero-order valence-corrected chi connectivity index (χ0v) is 17.4. The molecule has 1 fully saturated rings. The molecule has 8 heteroatoms. The van der Waals surface area contributed by atoms with Gasteiger partial charge in [0.05, 0.1) is 0 Å². The van der Waals surface area contributed by atoms with E-state index in [4.69, 9.17) is 0 Å². The second-order valence-electron chi connectivity index (χ2n) is 6.92. The second-order valence-corrected chi connectivity index (χ2v) is 7.77. The largest absolute Gasteiger partial charge is 0.378 e. The van der Waals surface area contributed by atoms with Gasteiger partial charge in [-0.2, -0.15) is 0 Å². The van der Waals surface area contributed by atoms with Crippen LogP contribution in [0.25, 0.3) is 0 Å². The van der Waals surface area contributed by atoms with E-state index in [2.05, 4.69) is 26.6 Å². The molecule has 2 aromatic rings. The van der Waals surface area contributed by atoms with E-state index < -0.39 is 23.4 Å². The average molecular weight is 445 g/mol. The molecule has 0 radical (unpaired) electrons. The minimum atomic E-state index is -1.23. The molecule has 28 heavy (non-hydrogen) atoms. The van der Waals surface area contributed by atoms with E-state index >= 15 is 0 Å². The number of anilines is 2. The molecular formula is C20H21BrN4O3. The maximum absolute atomic E-state index is 12.9. The number of benzene rings is 2. The van der Waals surface area contributed by atoms with Gasteiger partial charge in [0.25, 0.3) is 5.91 Å². The summed E-state index contributed by atoms with van der Waals surface area (Å²) in [4.78, 5) is 40.6. The number of rotatable bonds is 5. The Bertz CT molecular complexity index is 929. The summed E-state index contributed by atoms with van der Waals surface area (Å²) in [6, 6.07) is 13.9. The van der Waals surface area contributed by atoms with Crippen LogP contribution in [0.1, 0.15) is 12.5 Å². The monoisotopic (exact) mass is 444 g/mol. The van der Waals surface area contributed by atoms with Crippen molar-refractivity contribution < 1.29 is 14.4 Å². The number of nitrogens with one attached hydrogen (secondary N) is 2. The van der Waals surface area contributed by atoms with Crippen LogP contribution in [0.4, 0.5) is 16.2 Å². The van der Waals surface area contributed by atoms with Gasteiger partial charge in [0.2, 0.25) is 5.91 Å². The van der Waals surface area contributed by atoms with Crippen LogP contribution in [0.5, 0.6) is 0 Å². The molecule has 0 spiro atoms. The fourth-order valence-corrected chi connectivity index (χ4v) is 3.76. The molecule has 1 saturated heterocycles. The van der Waals surface area contributed by atoms with Crippen LogP contribution in [-0.4, -0.2) is 43.4 Å². The zero-order valence-electron chi connectivity index (χ0n) is 15.8. The van der Waals surface area contributed by atoms with Crippen molar-refractivity contribution >= 4 is 45.2 Å². The van der Waals surface area contributed by atoms with Crippen LogP contribution < -0.4 is 15.5 Å². The molecule has 1 aliphatic rings. The number of halogens is 1. The van der Waals surface area contributed by atoms with Gasteiger partial charge in [-0.15, -0.1) is 0 Å². The van der Waals surface area contributed by atoms with Crippen molar-refractivity contribution in [1.29, 1.82) is 0 Å². The average Bonchev–Trinajstić information content (AvgIpc) is 2.86. The Labute approximate surface area is 171 Å². The number of carbonyl (C=O) groups is 3. The standard InChI is InChI=1S/C20H21BrN4O3/c1-20(15-6-4-5-7-16(15)21)18(27)25(19(28)23-20)12-17(26)22-13-8-10-14(11-9-13)24(2)3/h4-11H,12H2,1-3H3,(H,22,26)(H,23,28). The van der Waals surface area contributed by atoms with Gasteiger partial charge in [-0.05, 0) is 37.3 Å². The van der Waals surface area contributed by atoms with Gasteiger partial charge in [-0.25, -0.2) is 4.79 Å². The predicted molar refractivity (Wildman–Crippen MR) is 111 cm³/mol. The molecular weight excluding hydrogens is 424 g/mol. The third-order valence-corrected chi connectivity index (χ3v) is 5.35. The molecule has 146 valence electrons. The number of urea groups is 1. The van der Waals surface area contributed by atoms with Gasteiger partial charge in [0.15, 0.2) is 0 Å². The van der Waals surface area contributed by atoms with E-state index in [1.165, 1.54) is 0 Å². The van der Waals surface area contributed by atoms with E-state index in [0.717, 1.165) is 10.6 Å². The topological polar surface area (TPSA) is 81.8 Å². The number of imide groups is 1. The Balaban J connectivity index is 1.72. The van der Waals surface area contributed by atoms with Gasteiger partial charge in [-0.3, -0.25) is 14.5 Å². The maximum atomic E-state index is 12.9. The number of carbonyl (C=O) groups excluding carboxylic acids is 3. The van der Waals surface area contributed by atoms with Crippen LogP contribution in [0.15, 0.2) is 53.0 Å². The summed E-state index contributed by atoms with van der Waals surface area (Å²) in [7, 11) is 3.85. The Hall–Kier alpha value is -2.87. The molecule has 3 rings (SSSR count). The van der Waals surface area contributed by atoms with Crippen molar-refractivity contribution in [3.63, 3.8) is 0 Å². The van der Waals surface area contributed by atoms with Crippen molar-refractivity contribution in [2.45, 2.75) is 12.5 Å². The lowest BCUT2D eigenvalue weighted by molar-refractivity contribution is -0.133. The molecule has 1 aliphatic heterocycles. The lowest BCUT2D eigenvalue weighted by atomic mass is 9.92. The molecule has 4 amide bonds. The summed E-state index contributed by atoms with van der Waals surface area (Å²) in [5.74, 6) is -0.917. The molecule has 2 N–H and O–H groups in total. The highest BCUT2D eigenvalue weighted by atomic mass is 79.9. The van der Waals surface area contributed by atoms with Crippen molar-refractivity contribution in [1.82, 2.24) is 10.2 Å². The van der Waals surface area contributed by atoms with E-state index in [1.54, 1.807) is 37.3 Å². The lowest BCUT2D eigenvalue weighted by Gasteiger charge is -2.23. The minimum absolute atomic E-state index is 0.361. The summed E-state index contributed by atoms with van der Waals surface area (Å²) in [6.07, 6.45) is 0. The molecule has 0 aromatic heterocycles. The van der Waals surface area contributed by atoms with E-state index in [9.17, 15) is 14.4 Å². The van der Waals surface area contributed by atoms with Crippen LogP contribution in [0, 0.1) is 0 Å². The van der Waals surface area contributed by atoms with Crippen LogP contribution in [0.3, 0.4) is 0 Å². The number of hydrogen-bond acceptors (Lipinski definition) is 4. The highest BCUT2D eigenvalue weighted by Gasteiger charge is 2.50. The van der Waals surface area contributed by atoms with E-state index in [-0.39, 0.29) is 6.54 Å². The third-order valence-electron chi connectivity index (χ3n) is 4.66. The third kappa shape index (κ3) is 3.73. The lowest BCUT2D eigenvalue weighted by Crippen LogP contribution is -2.42. The van der Waals surface area contributed by atoms with Gasteiger partial charge in [0.1, 0.15) is 12.1 Å². The molecule has 2 aromatic carbocycles. The SMILES string of the molecule is CN(C)c1ccc(NC(=O)CN2C(=O)NC(C)(c3ccccc3Br)C2=O)cc1. The minimum Gasteiger partial charge on any atom is -0.378 e. The molecule has 0 aliphatic carbocycles. The fourth-order valence-electron chi connectivity index (χ4n) is 3.08. The van der Waals surface area contributed by atoms with Gasteiger partial charge in [0, 0.05) is 35.5 Å². The molecule has 1 heterocycles. The first-order chi connectivity index (χ1) is 13.2. The van der Waals surface area contributed by atoms with Crippen LogP contribution in [0.2, 0.25) is 0 Å². The Morgan fingerprint density at radius 1 is 1.14 bits per heavy atom. The van der Waals surface area contributed by atoms with E-state index in [1.807, 2.05) is 37.2 Å². The molecule has 1 atom stereocenters. The molecule has 0 saturated carbocycles. The summed E-state index contributed by atoms with van der Waals surface area (Å²) in [5, 5.41) is 5.41. The Kier molecular flexibility index (Phi) is 5.42. The van der Waals surface area contributed by atoms with Crippen molar-refractivity contribution in [2.75, 3.05) is 30.9 Å². The molecule has 1 unspecified atom stereocenters. The number of amides is 4. The van der Waals surface area contributed by atoms with Crippen molar-refractivity contribution in [2.24, 2.45) is 0 Å². The first-order valence-electron chi connectivity index (χ1n) is 8.69. The first kappa shape index (κ1) is 19.9. The van der Waals surface area contributed by atoms with Crippen LogP contribution >= 0.6 is 15.9 Å². The summed E-state index contributed by atoms with van der Waals surface area (Å²) in [6.45, 7) is 1.27. The van der Waals surface area contributed by atoms with Gasteiger partial charge >= 0.3 is 6.03 Å². The number of hydrogen-bond donors (Lipinski definition) is 2. The predicted octanol–water partition coefficient (Wildman–Crippen LogP) is 2.92. The van der Waals surface area contributed by atoms with Crippen LogP contribution in [-0.2, 0) is 15.1 Å². The first-order valence-corrected chi connectivity index (χ1v) is 9.48. The molecule has 7 nitrogen and oxygen atoms in total. The normalized spacial score (nSPS) is 18.8. The zero-order chi connectivity index (χ0) is 20.5. The maximum Gasteiger partial charge on any atom is 0.325 e. The fraction of sp³-hybridized carbons (Fsp3) is 0.250.